The fourth-order valence-corrected chi connectivity index (χ4v) is 2.48. The van der Waals surface area contributed by atoms with Gasteiger partial charge in [-0.15, -0.1) is 0 Å². The van der Waals surface area contributed by atoms with Crippen molar-refractivity contribution in [2.75, 3.05) is 31.1 Å². The van der Waals surface area contributed by atoms with Gasteiger partial charge in [0.15, 0.2) is 0 Å². The summed E-state index contributed by atoms with van der Waals surface area (Å²) < 4.78 is 0. The van der Waals surface area contributed by atoms with Gasteiger partial charge in [-0.1, -0.05) is 17.7 Å². The van der Waals surface area contributed by atoms with Crippen molar-refractivity contribution in [2.24, 2.45) is 5.73 Å². The van der Waals surface area contributed by atoms with Crippen molar-refractivity contribution in [3.05, 3.63) is 46.4 Å². The molecule has 1 saturated heterocycles. The average Bonchev–Trinajstić information content (AvgIpc) is 2.62. The molecular formula is C16H14ClN7. The summed E-state index contributed by atoms with van der Waals surface area (Å²) in [6, 6.07) is 10.8. The van der Waals surface area contributed by atoms with Gasteiger partial charge in [0.25, 0.3) is 0 Å². The Kier molecular flexibility index (Phi) is 5.63. The van der Waals surface area contributed by atoms with E-state index in [-0.39, 0.29) is 17.0 Å². The van der Waals surface area contributed by atoms with Crippen LogP contribution in [0.5, 0.6) is 0 Å². The van der Waals surface area contributed by atoms with E-state index >= 15 is 0 Å². The second-order valence-corrected chi connectivity index (χ2v) is 5.37. The van der Waals surface area contributed by atoms with Gasteiger partial charge in [0, 0.05) is 26.2 Å². The number of anilines is 1. The lowest BCUT2D eigenvalue weighted by Gasteiger charge is -2.36. The third-order valence-corrected chi connectivity index (χ3v) is 3.78. The highest BCUT2D eigenvalue weighted by atomic mass is 35.5. The van der Waals surface area contributed by atoms with Crippen LogP contribution in [0.3, 0.4) is 0 Å². The van der Waals surface area contributed by atoms with E-state index in [0.29, 0.717) is 31.3 Å². The van der Waals surface area contributed by atoms with Crippen LogP contribution in [0.25, 0.3) is 0 Å². The minimum absolute atomic E-state index is 0.113. The van der Waals surface area contributed by atoms with Crippen LogP contribution in [0.4, 0.5) is 5.82 Å². The van der Waals surface area contributed by atoms with Crippen molar-refractivity contribution < 1.29 is 0 Å². The standard InChI is InChI=1S/C16H14ClN7/c17-14-2-1-3-15(22-14)23-4-6-24(7-5-23)16(21)13(11-20)8-12(9-18)10-19/h1-3,8H,4-7,21H2/b16-13-. The van der Waals surface area contributed by atoms with Crippen molar-refractivity contribution in [2.45, 2.75) is 0 Å². The van der Waals surface area contributed by atoms with E-state index in [1.807, 2.05) is 23.1 Å². The topological polar surface area (TPSA) is 117 Å². The van der Waals surface area contributed by atoms with Gasteiger partial charge in [-0.3, -0.25) is 0 Å². The molecule has 0 amide bonds. The van der Waals surface area contributed by atoms with Gasteiger partial charge < -0.3 is 15.5 Å². The molecule has 0 unspecified atom stereocenters. The zero-order valence-corrected chi connectivity index (χ0v) is 13.5. The van der Waals surface area contributed by atoms with E-state index in [1.54, 1.807) is 18.2 Å². The van der Waals surface area contributed by atoms with Gasteiger partial charge in [0.05, 0.1) is 5.57 Å². The Balaban J connectivity index is 2.12. The number of halogens is 1. The number of nitriles is 3. The van der Waals surface area contributed by atoms with E-state index in [0.717, 1.165) is 5.82 Å². The molecule has 0 spiro atoms. The Morgan fingerprint density at radius 1 is 1.12 bits per heavy atom. The molecule has 120 valence electrons. The number of aromatic nitrogens is 1. The first-order chi connectivity index (χ1) is 11.6. The Morgan fingerprint density at radius 2 is 1.79 bits per heavy atom. The third-order valence-electron chi connectivity index (χ3n) is 3.57. The second-order valence-electron chi connectivity index (χ2n) is 4.98. The monoisotopic (exact) mass is 339 g/mol. The summed E-state index contributed by atoms with van der Waals surface area (Å²) in [5, 5.41) is 27.2. The van der Waals surface area contributed by atoms with E-state index < -0.39 is 0 Å². The van der Waals surface area contributed by atoms with Crippen molar-refractivity contribution in [1.29, 1.82) is 15.8 Å². The zero-order chi connectivity index (χ0) is 17.5. The molecule has 0 atom stereocenters. The highest BCUT2D eigenvalue weighted by Gasteiger charge is 2.20. The quantitative estimate of drug-likeness (QED) is 0.504. The normalized spacial score (nSPS) is 14.8. The number of nitrogens with two attached hydrogens (primary N) is 1. The summed E-state index contributed by atoms with van der Waals surface area (Å²) in [6.45, 7) is 2.51. The van der Waals surface area contributed by atoms with Crippen LogP contribution in [0.1, 0.15) is 0 Å². The summed E-state index contributed by atoms with van der Waals surface area (Å²) in [5.41, 5.74) is 5.99. The fraction of sp³-hybridized carbons (Fsp3) is 0.250. The summed E-state index contributed by atoms with van der Waals surface area (Å²) >= 11 is 5.91. The molecule has 0 bridgehead atoms. The summed E-state index contributed by atoms with van der Waals surface area (Å²) in [5.74, 6) is 1.06. The van der Waals surface area contributed by atoms with Crippen LogP contribution >= 0.6 is 11.6 Å². The Hall–Kier alpha value is -3.21. The van der Waals surface area contributed by atoms with E-state index in [1.165, 1.54) is 6.08 Å². The summed E-state index contributed by atoms with van der Waals surface area (Å²) in [4.78, 5) is 8.20. The molecule has 24 heavy (non-hydrogen) atoms. The number of pyridine rings is 1. The average molecular weight is 340 g/mol. The Labute approximate surface area is 145 Å². The molecule has 1 fully saturated rings. The van der Waals surface area contributed by atoms with Crippen LogP contribution in [0, 0.1) is 34.0 Å². The number of hydrogen-bond acceptors (Lipinski definition) is 7. The lowest BCUT2D eigenvalue weighted by molar-refractivity contribution is 0.316. The fourth-order valence-electron chi connectivity index (χ4n) is 2.32. The number of rotatable bonds is 3. The van der Waals surface area contributed by atoms with E-state index in [2.05, 4.69) is 9.88 Å². The van der Waals surface area contributed by atoms with Crippen LogP contribution in [-0.2, 0) is 0 Å². The molecule has 0 aromatic carbocycles. The van der Waals surface area contributed by atoms with Gasteiger partial charge in [-0.05, 0) is 18.2 Å². The molecule has 8 heteroatoms. The highest BCUT2D eigenvalue weighted by Crippen LogP contribution is 2.18. The molecule has 7 nitrogen and oxygen atoms in total. The lowest BCUT2D eigenvalue weighted by atomic mass is 10.1. The number of piperazine rings is 1. The SMILES string of the molecule is N#CC(C#N)=C/C(C#N)=C(\N)N1CCN(c2cccc(Cl)n2)CC1. The zero-order valence-electron chi connectivity index (χ0n) is 12.8. The lowest BCUT2D eigenvalue weighted by Crippen LogP contribution is -2.47. The van der Waals surface area contributed by atoms with Crippen molar-refractivity contribution in [3.8, 4) is 18.2 Å². The highest BCUT2D eigenvalue weighted by molar-refractivity contribution is 6.29. The van der Waals surface area contributed by atoms with Crippen molar-refractivity contribution in [3.63, 3.8) is 0 Å². The third kappa shape index (κ3) is 3.95. The molecule has 0 aliphatic carbocycles. The predicted octanol–water partition coefficient (Wildman–Crippen LogP) is 1.52. The minimum Gasteiger partial charge on any atom is -0.384 e. The maximum Gasteiger partial charge on any atom is 0.131 e. The number of nitrogens with zero attached hydrogens (tertiary/aromatic N) is 6. The maximum absolute atomic E-state index is 9.21. The molecule has 1 aliphatic heterocycles. The maximum atomic E-state index is 9.21. The number of hydrogen-bond donors (Lipinski definition) is 1. The van der Waals surface area contributed by atoms with Crippen LogP contribution < -0.4 is 10.6 Å². The Bertz CT molecular complexity index is 783. The van der Waals surface area contributed by atoms with Crippen LogP contribution in [-0.4, -0.2) is 36.1 Å². The Morgan fingerprint density at radius 3 is 2.33 bits per heavy atom. The second kappa shape index (κ2) is 7.87. The van der Waals surface area contributed by atoms with Crippen molar-refractivity contribution >= 4 is 17.4 Å². The van der Waals surface area contributed by atoms with Crippen LogP contribution in [0.2, 0.25) is 5.15 Å². The van der Waals surface area contributed by atoms with E-state index in [9.17, 15) is 5.26 Å². The van der Waals surface area contributed by atoms with Gasteiger partial charge in [-0.25, -0.2) is 4.98 Å². The molecule has 1 aromatic rings. The summed E-state index contributed by atoms with van der Waals surface area (Å²) in [7, 11) is 0. The predicted molar refractivity (Wildman–Crippen MR) is 89.2 cm³/mol. The molecule has 0 saturated carbocycles. The van der Waals surface area contributed by atoms with Gasteiger partial charge in [-0.2, -0.15) is 15.8 Å². The van der Waals surface area contributed by atoms with Gasteiger partial charge in [0.1, 0.15) is 40.6 Å². The molecule has 1 aromatic heterocycles. The first-order valence-electron chi connectivity index (χ1n) is 7.13. The molecule has 2 N–H and O–H groups in total. The minimum atomic E-state index is -0.156. The first-order valence-corrected chi connectivity index (χ1v) is 7.51. The van der Waals surface area contributed by atoms with E-state index in [4.69, 9.17) is 27.9 Å². The molecule has 2 rings (SSSR count). The van der Waals surface area contributed by atoms with Crippen LogP contribution in [0.15, 0.2) is 41.2 Å². The van der Waals surface area contributed by atoms with Gasteiger partial charge >= 0.3 is 0 Å². The number of allylic oxidation sites excluding steroid dienone is 3. The van der Waals surface area contributed by atoms with Gasteiger partial charge in [0.2, 0.25) is 0 Å². The van der Waals surface area contributed by atoms with Crippen molar-refractivity contribution in [1.82, 2.24) is 9.88 Å². The molecular weight excluding hydrogens is 326 g/mol. The largest absolute Gasteiger partial charge is 0.384 e. The molecule has 2 heterocycles. The smallest absolute Gasteiger partial charge is 0.131 e. The molecule has 1 aliphatic rings. The summed E-state index contributed by atoms with van der Waals surface area (Å²) in [6.07, 6.45) is 1.21. The molecule has 0 radical (unpaired) electrons. The first kappa shape index (κ1) is 17.1.